The second-order valence-electron chi connectivity index (χ2n) is 10.5. The zero-order chi connectivity index (χ0) is 23.8. The van der Waals surface area contributed by atoms with E-state index in [1.54, 1.807) is 0 Å². The number of nitrogens with one attached hydrogen (secondary N) is 5. The predicted molar refractivity (Wildman–Crippen MR) is 139 cm³/mol. The van der Waals surface area contributed by atoms with Crippen molar-refractivity contribution in [3.63, 3.8) is 0 Å². The van der Waals surface area contributed by atoms with E-state index in [9.17, 15) is 0 Å². The van der Waals surface area contributed by atoms with Crippen LogP contribution in [0.1, 0.15) is 49.8 Å². The van der Waals surface area contributed by atoms with Crippen molar-refractivity contribution < 1.29 is 14.8 Å². The second kappa shape index (κ2) is 9.34. The van der Waals surface area contributed by atoms with Crippen LogP contribution in [0, 0.1) is 5.41 Å². The fourth-order valence-electron chi connectivity index (χ4n) is 5.58. The number of H-pyrrole nitrogens is 3. The Morgan fingerprint density at radius 1 is 1.29 bits per heavy atom. The van der Waals surface area contributed by atoms with Crippen LogP contribution in [0.15, 0.2) is 53.5 Å². The van der Waals surface area contributed by atoms with E-state index in [1.807, 2.05) is 6.33 Å². The number of benzene rings is 1. The Hall–Kier alpha value is -1.80. The molecule has 6 N–H and O–H groups in total. The van der Waals surface area contributed by atoms with Crippen molar-refractivity contribution in [2.75, 3.05) is 32.2 Å². The van der Waals surface area contributed by atoms with E-state index in [0.717, 1.165) is 43.4 Å². The highest BCUT2D eigenvalue weighted by Crippen LogP contribution is 2.58. The van der Waals surface area contributed by atoms with Gasteiger partial charge in [0.1, 0.15) is 0 Å². The van der Waals surface area contributed by atoms with Gasteiger partial charge < -0.3 is 10.1 Å². The number of aromatic amines is 3. The van der Waals surface area contributed by atoms with Crippen molar-refractivity contribution in [1.29, 1.82) is 0 Å². The van der Waals surface area contributed by atoms with Crippen molar-refractivity contribution in [2.24, 2.45) is 5.41 Å². The lowest BCUT2D eigenvalue weighted by atomic mass is 9.56. The number of rotatable bonds is 8. The van der Waals surface area contributed by atoms with Gasteiger partial charge in [-0.3, -0.25) is 4.72 Å². The molecular formula is C26H39ClN5OS+3. The molecule has 184 valence electrons. The Balaban J connectivity index is 1.29. The smallest absolute Gasteiger partial charge is 0.428 e. The van der Waals surface area contributed by atoms with Gasteiger partial charge in [0, 0.05) is 23.6 Å². The quantitative estimate of drug-likeness (QED) is 0.291. The van der Waals surface area contributed by atoms with E-state index in [2.05, 4.69) is 81.1 Å². The Kier molecular flexibility index (Phi) is 6.57. The lowest BCUT2D eigenvalue weighted by Crippen LogP contribution is -2.47. The second-order valence-corrected chi connectivity index (χ2v) is 14.7. The highest BCUT2D eigenvalue weighted by Gasteiger charge is 2.48. The number of aliphatic hydroxyl groups is 1. The standard InChI is InChI=1S/C26H36ClN5OS/c1-25(27)12-7-20(8-13-25)26(10-4-11-26)23-22-17-21(6-5-19(22)9-14-28-23)33-16-15-31-34(2,3)24-29-18-30-32-24/h5-8,12,17-18,23,28,31H,4,9-11,13-16H2,1-3H3,(H,29,30,32)/p+3. The molecule has 2 atom stereocenters. The Labute approximate surface area is 209 Å². The molecule has 2 aromatic rings. The zero-order valence-corrected chi connectivity index (χ0v) is 22.1. The summed E-state index contributed by atoms with van der Waals surface area (Å²) in [7, 11) is -1.11. The summed E-state index contributed by atoms with van der Waals surface area (Å²) >= 11 is 6.59. The fraction of sp³-hybridized carbons (Fsp3) is 0.538. The molecule has 2 aliphatic carbocycles. The van der Waals surface area contributed by atoms with Crippen LogP contribution >= 0.6 is 21.8 Å². The first kappa shape index (κ1) is 23.9. The average molecular weight is 505 g/mol. The summed E-state index contributed by atoms with van der Waals surface area (Å²) in [5, 5.41) is 11.2. The van der Waals surface area contributed by atoms with Crippen LogP contribution in [0.4, 0.5) is 0 Å². The SMILES string of the molecule is CC1(Cl)C=CC(C2(C3NCCc4ccc([OH+]CCNS(C)(C)c5[nH][nH+]c[nH+]5)cc43)CCC2)=CC1. The van der Waals surface area contributed by atoms with Crippen molar-refractivity contribution in [2.45, 2.75) is 55.1 Å². The van der Waals surface area contributed by atoms with Gasteiger partial charge in [-0.15, -0.1) is 16.6 Å². The number of hydrogen-bond donors (Lipinski definition) is 3. The normalized spacial score (nSPS) is 26.4. The number of allylic oxidation sites excluding steroid dienone is 3. The van der Waals surface area contributed by atoms with Crippen LogP contribution in [0.2, 0.25) is 0 Å². The van der Waals surface area contributed by atoms with E-state index >= 15 is 0 Å². The van der Waals surface area contributed by atoms with Gasteiger partial charge in [0.05, 0.1) is 11.4 Å². The van der Waals surface area contributed by atoms with Gasteiger partial charge in [0.25, 0.3) is 5.75 Å². The summed E-state index contributed by atoms with van der Waals surface area (Å²) in [6.07, 6.45) is 18.9. The monoisotopic (exact) mass is 504 g/mol. The van der Waals surface area contributed by atoms with E-state index in [4.69, 9.17) is 16.3 Å². The molecule has 6 nitrogen and oxygen atoms in total. The Morgan fingerprint density at radius 3 is 2.82 bits per heavy atom. The number of hydrogen-bond acceptors (Lipinski definition) is 2. The molecule has 8 heteroatoms. The maximum atomic E-state index is 6.59. The minimum absolute atomic E-state index is 0.177. The Bertz CT molecular complexity index is 1070. The molecule has 34 heavy (non-hydrogen) atoms. The largest absolute Gasteiger partial charge is 0.582 e. The lowest BCUT2D eigenvalue weighted by molar-refractivity contribution is -0.525. The number of aromatic hydroxyl groups is 1. The van der Waals surface area contributed by atoms with Crippen molar-refractivity contribution in [1.82, 2.24) is 15.1 Å². The summed E-state index contributed by atoms with van der Waals surface area (Å²) in [5.41, 5.74) is 4.56. The number of fused-ring (bicyclic) bond motifs is 1. The minimum atomic E-state index is -1.11. The van der Waals surface area contributed by atoms with Crippen LogP contribution in [0.5, 0.6) is 5.75 Å². The molecule has 0 saturated heterocycles. The number of aromatic nitrogens is 3. The van der Waals surface area contributed by atoms with Gasteiger partial charge in [-0.05, 0) is 74.4 Å². The Morgan fingerprint density at radius 2 is 2.15 bits per heavy atom. The minimum Gasteiger partial charge on any atom is -0.582 e. The number of alkyl halides is 1. The topological polar surface area (TPSA) is 80.9 Å². The molecule has 0 bridgehead atoms. The average Bonchev–Trinajstić information content (AvgIpc) is 3.33. The molecule has 2 heterocycles. The van der Waals surface area contributed by atoms with Gasteiger partial charge in [0.2, 0.25) is 0 Å². The maximum Gasteiger partial charge on any atom is 0.428 e. The van der Waals surface area contributed by atoms with E-state index in [1.165, 1.54) is 36.0 Å². The molecule has 2 unspecified atom stereocenters. The van der Waals surface area contributed by atoms with Gasteiger partial charge in [-0.1, -0.05) is 45.1 Å². The first-order valence-electron chi connectivity index (χ1n) is 12.4. The maximum absolute atomic E-state index is 6.59. The molecule has 3 aliphatic rings. The van der Waals surface area contributed by atoms with Crippen molar-refractivity contribution in [3.05, 3.63) is 59.5 Å². The predicted octanol–water partition coefficient (Wildman–Crippen LogP) is 3.75. The highest BCUT2D eigenvalue weighted by molar-refractivity contribution is 8.30. The van der Waals surface area contributed by atoms with E-state index < -0.39 is 10.2 Å². The molecule has 1 aliphatic heterocycles. The van der Waals surface area contributed by atoms with Gasteiger partial charge in [-0.25, -0.2) is 0 Å². The van der Waals surface area contributed by atoms with Crippen molar-refractivity contribution in [3.8, 4) is 5.75 Å². The lowest BCUT2D eigenvalue weighted by Gasteiger charge is -2.52. The van der Waals surface area contributed by atoms with Crippen LogP contribution in [0.3, 0.4) is 0 Å². The summed E-state index contributed by atoms with van der Waals surface area (Å²) < 4.78 is 8.60. The van der Waals surface area contributed by atoms with Crippen LogP contribution in [0.25, 0.3) is 0 Å². The molecule has 1 aromatic heterocycles. The van der Waals surface area contributed by atoms with Crippen LogP contribution < -0.4 is 20.1 Å². The van der Waals surface area contributed by atoms with Gasteiger partial charge in [-0.2, -0.15) is 0 Å². The van der Waals surface area contributed by atoms with Gasteiger partial charge in [0.15, 0.2) is 6.61 Å². The molecule has 1 saturated carbocycles. The summed E-state index contributed by atoms with van der Waals surface area (Å²) in [5.74, 6) is 1.08. The molecule has 1 fully saturated rings. The molecule has 0 radical (unpaired) electrons. The van der Waals surface area contributed by atoms with E-state index in [0.29, 0.717) is 6.04 Å². The van der Waals surface area contributed by atoms with Crippen molar-refractivity contribution >= 4 is 21.8 Å². The fourth-order valence-corrected chi connectivity index (χ4v) is 7.14. The third kappa shape index (κ3) is 4.68. The third-order valence-electron chi connectivity index (χ3n) is 7.73. The highest BCUT2D eigenvalue weighted by atomic mass is 35.5. The van der Waals surface area contributed by atoms with Crippen LogP contribution in [-0.4, -0.2) is 46.9 Å². The molecule has 5 rings (SSSR count). The first-order valence-corrected chi connectivity index (χ1v) is 15.2. The summed E-state index contributed by atoms with van der Waals surface area (Å²) in [6.45, 7) is 4.73. The number of halogens is 1. The third-order valence-corrected chi connectivity index (χ3v) is 10.2. The molecular weight excluding hydrogens is 466 g/mol. The first-order chi connectivity index (χ1) is 16.3. The molecule has 0 amide bonds. The summed E-state index contributed by atoms with van der Waals surface area (Å²) in [6, 6.07) is 7.19. The zero-order valence-electron chi connectivity index (χ0n) is 20.5. The van der Waals surface area contributed by atoms with Crippen LogP contribution in [-0.2, 0) is 6.42 Å². The molecule has 1 aromatic carbocycles. The molecule has 0 spiro atoms. The summed E-state index contributed by atoms with van der Waals surface area (Å²) in [4.78, 5) is 2.99. The number of ether oxygens (including phenoxy) is 1. The van der Waals surface area contributed by atoms with E-state index in [-0.39, 0.29) is 10.3 Å². The van der Waals surface area contributed by atoms with Gasteiger partial charge >= 0.3 is 11.5 Å².